The first kappa shape index (κ1) is 16.5. The highest BCUT2D eigenvalue weighted by Gasteiger charge is 2.33. The Hall–Kier alpha value is -1.56. The first-order valence-electron chi connectivity index (χ1n) is 6.23. The van der Waals surface area contributed by atoms with E-state index in [0.29, 0.717) is 0 Å². The molecule has 0 aliphatic carbocycles. The summed E-state index contributed by atoms with van der Waals surface area (Å²) < 4.78 is 38.6. The van der Waals surface area contributed by atoms with Crippen LogP contribution in [-0.2, 0) is 17.5 Å². The Kier molecular flexibility index (Phi) is 4.81. The van der Waals surface area contributed by atoms with Crippen LogP contribution >= 0.6 is 0 Å². The zero-order chi connectivity index (χ0) is 15.6. The number of amides is 1. The van der Waals surface area contributed by atoms with Gasteiger partial charge in [0.15, 0.2) is 0 Å². The third-order valence-corrected chi connectivity index (χ3v) is 2.61. The molecule has 0 unspecified atom stereocenters. The Balaban J connectivity index is 2.96. The van der Waals surface area contributed by atoms with Gasteiger partial charge in [0.2, 0.25) is 5.91 Å². The molecule has 0 aliphatic heterocycles. The Labute approximate surface area is 116 Å². The molecule has 0 aromatic heterocycles. The van der Waals surface area contributed by atoms with Crippen LogP contribution in [0.4, 0.5) is 18.9 Å². The van der Waals surface area contributed by atoms with Gasteiger partial charge in [-0.05, 0) is 23.1 Å². The molecule has 0 saturated carbocycles. The first-order valence-corrected chi connectivity index (χ1v) is 6.23. The lowest BCUT2D eigenvalue weighted by Crippen LogP contribution is -2.20. The molecule has 1 rings (SSSR count). The number of hydrogen-bond acceptors (Lipinski definition) is 2. The minimum atomic E-state index is -4.49. The fourth-order valence-corrected chi connectivity index (χ4v) is 1.78. The van der Waals surface area contributed by atoms with Gasteiger partial charge in [-0.2, -0.15) is 13.2 Å². The minimum absolute atomic E-state index is 0.00585. The predicted octanol–water partition coefficient (Wildman–Crippen LogP) is 3.54. The fourth-order valence-electron chi connectivity index (χ4n) is 1.78. The molecular weight excluding hydrogens is 269 g/mol. The van der Waals surface area contributed by atoms with E-state index in [1.54, 1.807) is 0 Å². The lowest BCUT2D eigenvalue weighted by molar-refractivity contribution is -0.138. The molecule has 0 fully saturated rings. The van der Waals surface area contributed by atoms with Crippen LogP contribution in [0.3, 0.4) is 0 Å². The number of carbonyl (C=O) groups excluding carboxylic acids is 1. The summed E-state index contributed by atoms with van der Waals surface area (Å²) in [6, 6.07) is 3.64. The van der Waals surface area contributed by atoms with Crippen LogP contribution in [0.2, 0.25) is 0 Å². The van der Waals surface area contributed by atoms with E-state index in [1.165, 1.54) is 12.1 Å². The smallest absolute Gasteiger partial charge is 0.326 e. The molecule has 0 aliphatic rings. The number of hydrogen-bond donors (Lipinski definition) is 2. The zero-order valence-corrected chi connectivity index (χ0v) is 11.8. The summed E-state index contributed by atoms with van der Waals surface area (Å²) in [5.41, 5.74) is 4.39. The molecule has 1 aromatic rings. The summed E-state index contributed by atoms with van der Waals surface area (Å²) in [6.07, 6.45) is -4.26. The second kappa shape index (κ2) is 5.83. The van der Waals surface area contributed by atoms with Crippen molar-refractivity contribution in [2.24, 2.45) is 11.1 Å². The molecule has 1 amide bonds. The standard InChI is InChI=1S/C14H19F3N2O/c1-13(2,3)7-12(20)19-10-5-4-9(8-18)11(6-10)14(15,16)17/h4-6H,7-8,18H2,1-3H3,(H,19,20). The van der Waals surface area contributed by atoms with Gasteiger partial charge >= 0.3 is 6.18 Å². The molecule has 0 atom stereocenters. The highest BCUT2D eigenvalue weighted by atomic mass is 19.4. The maximum absolute atomic E-state index is 12.9. The van der Waals surface area contributed by atoms with Crippen LogP contribution in [0.1, 0.15) is 38.3 Å². The Morgan fingerprint density at radius 2 is 1.85 bits per heavy atom. The highest BCUT2D eigenvalue weighted by Crippen LogP contribution is 2.33. The molecule has 1 aromatic carbocycles. The second-order valence-electron chi connectivity index (χ2n) is 5.86. The number of rotatable bonds is 3. The molecule has 6 heteroatoms. The molecule has 0 bridgehead atoms. The van der Waals surface area contributed by atoms with Crippen LogP contribution in [0.25, 0.3) is 0 Å². The number of benzene rings is 1. The number of alkyl halides is 3. The molecule has 112 valence electrons. The SMILES string of the molecule is CC(C)(C)CC(=O)Nc1ccc(CN)c(C(F)(F)F)c1. The van der Waals surface area contributed by atoms with E-state index in [4.69, 9.17) is 5.73 Å². The van der Waals surface area contributed by atoms with E-state index in [-0.39, 0.29) is 35.5 Å². The van der Waals surface area contributed by atoms with E-state index in [0.717, 1.165) is 6.07 Å². The Bertz CT molecular complexity index is 490. The molecule has 0 radical (unpaired) electrons. The minimum Gasteiger partial charge on any atom is -0.326 e. The predicted molar refractivity (Wildman–Crippen MR) is 72.0 cm³/mol. The van der Waals surface area contributed by atoms with Crippen LogP contribution in [0, 0.1) is 5.41 Å². The molecule has 0 saturated heterocycles. The number of anilines is 1. The topological polar surface area (TPSA) is 55.1 Å². The molecule has 3 N–H and O–H groups in total. The van der Waals surface area contributed by atoms with E-state index < -0.39 is 11.7 Å². The van der Waals surface area contributed by atoms with Crippen molar-refractivity contribution in [2.45, 2.75) is 39.9 Å². The van der Waals surface area contributed by atoms with Gasteiger partial charge in [-0.1, -0.05) is 26.8 Å². The Morgan fingerprint density at radius 3 is 2.30 bits per heavy atom. The summed E-state index contributed by atoms with van der Waals surface area (Å²) in [5.74, 6) is -0.314. The quantitative estimate of drug-likeness (QED) is 0.893. The van der Waals surface area contributed by atoms with E-state index in [2.05, 4.69) is 5.32 Å². The van der Waals surface area contributed by atoms with Gasteiger partial charge in [0.05, 0.1) is 5.56 Å². The van der Waals surface area contributed by atoms with E-state index in [1.807, 2.05) is 20.8 Å². The van der Waals surface area contributed by atoms with Crippen molar-refractivity contribution in [1.29, 1.82) is 0 Å². The molecule has 3 nitrogen and oxygen atoms in total. The van der Waals surface area contributed by atoms with E-state index in [9.17, 15) is 18.0 Å². The molecule has 20 heavy (non-hydrogen) atoms. The average Bonchev–Trinajstić information content (AvgIpc) is 2.25. The van der Waals surface area contributed by atoms with Crippen molar-refractivity contribution >= 4 is 11.6 Å². The number of halogens is 3. The summed E-state index contributed by atoms with van der Waals surface area (Å²) in [4.78, 5) is 11.7. The lowest BCUT2D eigenvalue weighted by Gasteiger charge is -2.18. The summed E-state index contributed by atoms with van der Waals surface area (Å²) in [6.45, 7) is 5.44. The normalized spacial score (nSPS) is 12.3. The Morgan fingerprint density at radius 1 is 1.25 bits per heavy atom. The maximum atomic E-state index is 12.9. The number of nitrogens with one attached hydrogen (secondary N) is 1. The third kappa shape index (κ3) is 4.85. The summed E-state index contributed by atoms with van der Waals surface area (Å²) in [5, 5.41) is 2.48. The second-order valence-corrected chi connectivity index (χ2v) is 5.86. The van der Waals surface area contributed by atoms with E-state index >= 15 is 0 Å². The van der Waals surface area contributed by atoms with Crippen molar-refractivity contribution in [3.63, 3.8) is 0 Å². The van der Waals surface area contributed by atoms with Gasteiger partial charge in [0.25, 0.3) is 0 Å². The lowest BCUT2D eigenvalue weighted by atomic mass is 9.92. The van der Waals surface area contributed by atoms with Crippen molar-refractivity contribution in [3.8, 4) is 0 Å². The molecule has 0 spiro atoms. The van der Waals surface area contributed by atoms with Crippen LogP contribution in [0.5, 0.6) is 0 Å². The third-order valence-electron chi connectivity index (χ3n) is 2.61. The van der Waals surface area contributed by atoms with Crippen molar-refractivity contribution < 1.29 is 18.0 Å². The maximum Gasteiger partial charge on any atom is 0.416 e. The van der Waals surface area contributed by atoms with Crippen molar-refractivity contribution in [2.75, 3.05) is 5.32 Å². The monoisotopic (exact) mass is 288 g/mol. The fraction of sp³-hybridized carbons (Fsp3) is 0.500. The largest absolute Gasteiger partial charge is 0.416 e. The molecular formula is C14H19F3N2O. The summed E-state index contributed by atoms with van der Waals surface area (Å²) >= 11 is 0. The average molecular weight is 288 g/mol. The number of carbonyl (C=O) groups is 1. The zero-order valence-electron chi connectivity index (χ0n) is 11.8. The van der Waals surface area contributed by atoms with Crippen LogP contribution < -0.4 is 11.1 Å². The van der Waals surface area contributed by atoms with Crippen molar-refractivity contribution in [1.82, 2.24) is 0 Å². The molecule has 0 heterocycles. The highest BCUT2D eigenvalue weighted by molar-refractivity contribution is 5.91. The van der Waals surface area contributed by atoms with Gasteiger partial charge in [-0.3, -0.25) is 4.79 Å². The van der Waals surface area contributed by atoms with Crippen LogP contribution in [0.15, 0.2) is 18.2 Å². The number of nitrogens with two attached hydrogens (primary N) is 1. The summed E-state index contributed by atoms with van der Waals surface area (Å²) in [7, 11) is 0. The van der Waals surface area contributed by atoms with Crippen molar-refractivity contribution in [3.05, 3.63) is 29.3 Å². The first-order chi connectivity index (χ1) is 9.03. The van der Waals surface area contributed by atoms with Crippen LogP contribution in [-0.4, -0.2) is 5.91 Å². The van der Waals surface area contributed by atoms with Gasteiger partial charge < -0.3 is 11.1 Å². The van der Waals surface area contributed by atoms with Gasteiger partial charge in [0, 0.05) is 18.7 Å². The van der Waals surface area contributed by atoms with Gasteiger partial charge in [-0.25, -0.2) is 0 Å². The van der Waals surface area contributed by atoms with Gasteiger partial charge in [-0.15, -0.1) is 0 Å². The van der Waals surface area contributed by atoms with Gasteiger partial charge in [0.1, 0.15) is 0 Å².